The summed E-state index contributed by atoms with van der Waals surface area (Å²) in [5.74, 6) is -4.43. The summed E-state index contributed by atoms with van der Waals surface area (Å²) in [5.41, 5.74) is 1.72. The molecule has 0 N–H and O–H groups in total. The molecule has 2 unspecified atom stereocenters. The van der Waals surface area contributed by atoms with E-state index in [-0.39, 0.29) is 30.9 Å². The van der Waals surface area contributed by atoms with E-state index in [4.69, 9.17) is 5.26 Å². The van der Waals surface area contributed by atoms with Gasteiger partial charge in [0, 0.05) is 56.0 Å². The zero-order valence-corrected chi connectivity index (χ0v) is 21.8. The fourth-order valence-corrected chi connectivity index (χ4v) is 4.99. The molecule has 10 nitrogen and oxygen atoms in total. The molecular formula is C27H21F4N9O. The zero-order chi connectivity index (χ0) is 29.4. The number of amides is 1. The summed E-state index contributed by atoms with van der Waals surface area (Å²) in [7, 11) is 1.61. The monoisotopic (exact) mass is 563 g/mol. The molecule has 0 saturated carbocycles. The van der Waals surface area contributed by atoms with E-state index < -0.39 is 35.9 Å². The Morgan fingerprint density at radius 2 is 1.85 bits per heavy atom. The Bertz CT molecular complexity index is 1740. The van der Waals surface area contributed by atoms with Crippen molar-refractivity contribution in [3.8, 4) is 34.7 Å². The molecule has 1 aliphatic heterocycles. The minimum absolute atomic E-state index is 0.0281. The topological polar surface area (TPSA) is 128 Å². The van der Waals surface area contributed by atoms with Crippen molar-refractivity contribution in [1.82, 2.24) is 29.6 Å². The molecule has 4 heterocycles. The Hall–Kier alpha value is -5.11. The molecule has 1 aromatic carbocycles. The predicted molar refractivity (Wildman–Crippen MR) is 138 cm³/mol. The van der Waals surface area contributed by atoms with E-state index in [1.165, 1.54) is 22.0 Å². The summed E-state index contributed by atoms with van der Waals surface area (Å²) in [6.07, 6.45) is -0.922. The third-order valence-electron chi connectivity index (χ3n) is 6.97. The van der Waals surface area contributed by atoms with Gasteiger partial charge in [-0.1, -0.05) is 6.07 Å². The van der Waals surface area contributed by atoms with E-state index in [0.717, 1.165) is 6.20 Å². The van der Waals surface area contributed by atoms with Crippen molar-refractivity contribution < 1.29 is 22.4 Å². The highest BCUT2D eigenvalue weighted by Gasteiger charge is 2.37. The van der Waals surface area contributed by atoms with E-state index in [9.17, 15) is 27.6 Å². The standard InChI is InChI=1S/C27H21F4N9O/c1-14-12-39(5-6-40(14)27(41)19(10-33)25(30)31)26-22-18(23-20(29)7-15(28)11-34-23)4-3-17(24(22)35-13-36-26)21-8-16(9-32)38(2)37-21/h3-4,7-8,11,13-14,19,25H,5-6,12H2,1-2H3. The first-order valence-electron chi connectivity index (χ1n) is 12.4. The first kappa shape index (κ1) is 27.5. The highest BCUT2D eigenvalue weighted by atomic mass is 19.3. The van der Waals surface area contributed by atoms with E-state index >= 15 is 0 Å². The first-order chi connectivity index (χ1) is 19.6. The average molecular weight is 564 g/mol. The number of aromatic nitrogens is 5. The molecule has 3 aromatic heterocycles. The number of halogens is 4. The maximum absolute atomic E-state index is 15.0. The minimum Gasteiger partial charge on any atom is -0.352 e. The van der Waals surface area contributed by atoms with Gasteiger partial charge in [-0.05, 0) is 13.0 Å². The predicted octanol–water partition coefficient (Wildman–Crippen LogP) is 3.68. The SMILES string of the molecule is CC1CN(c2ncnc3c(-c4cc(C#N)n(C)n4)ccc(-c4ncc(F)cc4F)c23)CCN1C(=O)C(C#N)C(F)F. The fraction of sp³-hybridized carbons (Fsp3) is 0.296. The largest absolute Gasteiger partial charge is 0.352 e. The van der Waals surface area contributed by atoms with Crippen molar-refractivity contribution in [2.45, 2.75) is 19.4 Å². The van der Waals surface area contributed by atoms with Crippen LogP contribution in [0.1, 0.15) is 12.6 Å². The maximum atomic E-state index is 15.0. The molecule has 208 valence electrons. The Labute approximate surface area is 231 Å². The lowest BCUT2D eigenvalue weighted by atomic mass is 9.98. The van der Waals surface area contributed by atoms with Crippen LogP contribution in [0.5, 0.6) is 0 Å². The van der Waals surface area contributed by atoms with E-state index in [2.05, 4.69) is 20.1 Å². The number of aryl methyl sites for hydroxylation is 1. The number of hydrogen-bond donors (Lipinski definition) is 0. The molecule has 1 amide bonds. The Morgan fingerprint density at radius 1 is 1.10 bits per heavy atom. The molecule has 0 radical (unpaired) electrons. The van der Waals surface area contributed by atoms with Gasteiger partial charge < -0.3 is 9.80 Å². The molecule has 1 aliphatic rings. The van der Waals surface area contributed by atoms with Crippen molar-refractivity contribution >= 4 is 22.6 Å². The van der Waals surface area contributed by atoms with E-state index in [1.807, 2.05) is 6.07 Å². The summed E-state index contributed by atoms with van der Waals surface area (Å²) >= 11 is 0. The minimum atomic E-state index is -3.12. The van der Waals surface area contributed by atoms with Crippen molar-refractivity contribution in [2.24, 2.45) is 13.0 Å². The van der Waals surface area contributed by atoms with Crippen LogP contribution in [0, 0.1) is 40.2 Å². The van der Waals surface area contributed by atoms with Crippen LogP contribution in [-0.2, 0) is 11.8 Å². The van der Waals surface area contributed by atoms with Gasteiger partial charge in [0.1, 0.15) is 35.4 Å². The van der Waals surface area contributed by atoms with Gasteiger partial charge in [-0.3, -0.25) is 14.5 Å². The van der Waals surface area contributed by atoms with Crippen molar-refractivity contribution in [1.29, 1.82) is 10.5 Å². The van der Waals surface area contributed by atoms with Gasteiger partial charge in [-0.2, -0.15) is 15.6 Å². The second-order valence-electron chi connectivity index (χ2n) is 9.48. The highest BCUT2D eigenvalue weighted by molar-refractivity contribution is 6.07. The highest BCUT2D eigenvalue weighted by Crippen LogP contribution is 2.39. The van der Waals surface area contributed by atoms with Crippen LogP contribution in [0.25, 0.3) is 33.4 Å². The molecule has 41 heavy (non-hydrogen) atoms. The third kappa shape index (κ3) is 4.89. The maximum Gasteiger partial charge on any atom is 0.263 e. The molecule has 0 aliphatic carbocycles. The number of nitrogens with zero attached hydrogens (tertiary/aromatic N) is 9. The molecule has 1 fully saturated rings. The zero-order valence-electron chi connectivity index (χ0n) is 21.8. The second kappa shape index (κ2) is 10.8. The lowest BCUT2D eigenvalue weighted by Gasteiger charge is -2.41. The van der Waals surface area contributed by atoms with Crippen molar-refractivity contribution in [3.63, 3.8) is 0 Å². The molecule has 1 saturated heterocycles. The number of carbonyl (C=O) groups is 1. The average Bonchev–Trinajstić information content (AvgIpc) is 3.32. The number of anilines is 1. The van der Waals surface area contributed by atoms with Gasteiger partial charge in [-0.25, -0.2) is 27.5 Å². The van der Waals surface area contributed by atoms with Crippen molar-refractivity contribution in [2.75, 3.05) is 24.5 Å². The summed E-state index contributed by atoms with van der Waals surface area (Å²) in [6.45, 7) is 2.01. The molecule has 14 heteroatoms. The number of alkyl halides is 2. The summed E-state index contributed by atoms with van der Waals surface area (Å²) in [6, 6.07) is 8.38. The number of carbonyl (C=O) groups excluding carboxylic acids is 1. The quantitative estimate of drug-likeness (QED) is 0.337. The van der Waals surface area contributed by atoms with Crippen LogP contribution in [-0.4, -0.2) is 67.6 Å². The summed E-state index contributed by atoms with van der Waals surface area (Å²) in [4.78, 5) is 28.6. The smallest absolute Gasteiger partial charge is 0.263 e. The van der Waals surface area contributed by atoms with E-state index in [0.29, 0.717) is 39.7 Å². The number of nitriles is 2. The van der Waals surface area contributed by atoms with Gasteiger partial charge in [0.15, 0.2) is 11.7 Å². The Kier molecular flexibility index (Phi) is 7.24. The normalized spacial score (nSPS) is 16.1. The van der Waals surface area contributed by atoms with Gasteiger partial charge in [-0.15, -0.1) is 0 Å². The van der Waals surface area contributed by atoms with Gasteiger partial charge in [0.2, 0.25) is 5.91 Å². The molecular weight excluding hydrogens is 542 g/mol. The first-order valence-corrected chi connectivity index (χ1v) is 12.4. The molecule has 5 rings (SSSR count). The number of benzene rings is 1. The molecule has 0 bridgehead atoms. The third-order valence-corrected chi connectivity index (χ3v) is 6.97. The van der Waals surface area contributed by atoms with Crippen molar-refractivity contribution in [3.05, 3.63) is 54.1 Å². The number of fused-ring (bicyclic) bond motifs is 1. The number of rotatable bonds is 5. The Morgan fingerprint density at radius 3 is 2.49 bits per heavy atom. The van der Waals surface area contributed by atoms with Crippen LogP contribution in [0.4, 0.5) is 23.4 Å². The van der Waals surface area contributed by atoms with E-state index in [1.54, 1.807) is 37.1 Å². The lowest BCUT2D eigenvalue weighted by molar-refractivity contribution is -0.140. The lowest BCUT2D eigenvalue weighted by Crippen LogP contribution is -2.56. The molecule has 0 spiro atoms. The second-order valence-corrected chi connectivity index (χ2v) is 9.48. The van der Waals surface area contributed by atoms with Crippen LogP contribution >= 0.6 is 0 Å². The molecule has 4 aromatic rings. The number of piperazine rings is 1. The fourth-order valence-electron chi connectivity index (χ4n) is 4.99. The van der Waals surface area contributed by atoms with Gasteiger partial charge >= 0.3 is 0 Å². The van der Waals surface area contributed by atoms with Crippen LogP contribution in [0.3, 0.4) is 0 Å². The van der Waals surface area contributed by atoms with Crippen LogP contribution in [0.15, 0.2) is 36.8 Å². The Balaban J connectivity index is 1.64. The van der Waals surface area contributed by atoms with Crippen LogP contribution in [0.2, 0.25) is 0 Å². The van der Waals surface area contributed by atoms with Gasteiger partial charge in [0.25, 0.3) is 6.43 Å². The summed E-state index contributed by atoms with van der Waals surface area (Å²) in [5, 5.41) is 23.2. The van der Waals surface area contributed by atoms with Crippen LogP contribution < -0.4 is 4.90 Å². The molecule has 2 atom stereocenters. The number of hydrogen-bond acceptors (Lipinski definition) is 8. The summed E-state index contributed by atoms with van der Waals surface area (Å²) < 4.78 is 56.6. The number of pyridine rings is 1. The van der Waals surface area contributed by atoms with Gasteiger partial charge in [0.05, 0.1) is 28.9 Å².